The lowest BCUT2D eigenvalue weighted by Gasteiger charge is -2.41. The Morgan fingerprint density at radius 1 is 0.898 bits per heavy atom. The van der Waals surface area contributed by atoms with Crippen LogP contribution < -0.4 is 0 Å². The summed E-state index contributed by atoms with van der Waals surface area (Å²) in [5, 5.41) is 0. The van der Waals surface area contributed by atoms with Crippen LogP contribution >= 0.6 is 0 Å². The van der Waals surface area contributed by atoms with Crippen molar-refractivity contribution >= 4 is 11.9 Å². The number of nitrogens with zero attached hydrogens (tertiary/aromatic N) is 1. The molecule has 8 heteroatoms. The van der Waals surface area contributed by atoms with E-state index in [1.54, 1.807) is 12.1 Å². The Labute approximate surface area is 289 Å². The molecular formula is C41H48FNO6. The van der Waals surface area contributed by atoms with Gasteiger partial charge in [-0.25, -0.2) is 9.18 Å². The fourth-order valence-corrected chi connectivity index (χ4v) is 6.63. The van der Waals surface area contributed by atoms with Crippen molar-refractivity contribution in [2.24, 2.45) is 0 Å². The van der Waals surface area contributed by atoms with Crippen LogP contribution in [0.4, 0.5) is 4.39 Å². The first-order valence-corrected chi connectivity index (χ1v) is 17.1. The van der Waals surface area contributed by atoms with Crippen molar-refractivity contribution in [2.45, 2.75) is 110 Å². The highest BCUT2D eigenvalue weighted by Gasteiger charge is 2.38. The quantitative estimate of drug-likeness (QED) is 0.148. The van der Waals surface area contributed by atoms with Crippen LogP contribution in [0.25, 0.3) is 22.4 Å². The lowest BCUT2D eigenvalue weighted by molar-refractivity contribution is -0.301. The molecule has 1 saturated heterocycles. The van der Waals surface area contributed by atoms with E-state index in [4.69, 9.17) is 18.9 Å². The second-order valence-electron chi connectivity index (χ2n) is 14.4. The summed E-state index contributed by atoms with van der Waals surface area (Å²) < 4.78 is 40.6. The maximum Gasteiger partial charge on any atom is 0.340 e. The van der Waals surface area contributed by atoms with E-state index in [-0.39, 0.29) is 42.9 Å². The second kappa shape index (κ2) is 15.1. The van der Waals surface area contributed by atoms with E-state index < -0.39 is 17.4 Å². The highest BCUT2D eigenvalue weighted by atomic mass is 19.1. The van der Waals surface area contributed by atoms with Crippen LogP contribution in [0.1, 0.15) is 95.3 Å². The summed E-state index contributed by atoms with van der Waals surface area (Å²) >= 11 is 0. The molecule has 0 N–H and O–H groups in total. The number of rotatable bonds is 11. The number of carbonyl (C=O) groups excluding carboxylic acids is 2. The number of halogens is 1. The summed E-state index contributed by atoms with van der Waals surface area (Å²) in [6, 6.07) is 25.8. The molecule has 0 aliphatic carbocycles. The van der Waals surface area contributed by atoms with Crippen LogP contribution in [0.3, 0.4) is 0 Å². The predicted molar refractivity (Wildman–Crippen MR) is 188 cm³/mol. The first-order chi connectivity index (χ1) is 23.2. The molecule has 260 valence electrons. The average Bonchev–Trinajstić information content (AvgIpc) is 3.38. The molecule has 1 aliphatic heterocycles. The van der Waals surface area contributed by atoms with E-state index in [0.717, 1.165) is 33.6 Å². The van der Waals surface area contributed by atoms with Gasteiger partial charge in [0, 0.05) is 24.2 Å². The lowest BCUT2D eigenvalue weighted by Crippen LogP contribution is -2.46. The van der Waals surface area contributed by atoms with E-state index in [1.165, 1.54) is 12.1 Å². The number of esters is 2. The van der Waals surface area contributed by atoms with Gasteiger partial charge in [-0.3, -0.25) is 4.79 Å². The molecule has 0 spiro atoms. The molecule has 3 aromatic carbocycles. The Morgan fingerprint density at radius 2 is 1.51 bits per heavy atom. The molecule has 1 aliphatic rings. The van der Waals surface area contributed by atoms with Gasteiger partial charge in [-0.1, -0.05) is 74.5 Å². The van der Waals surface area contributed by atoms with Crippen molar-refractivity contribution in [1.29, 1.82) is 0 Å². The molecule has 4 aromatic rings. The van der Waals surface area contributed by atoms with Crippen LogP contribution in [0.5, 0.6) is 0 Å². The standard InChI is InChI=1S/C41H48FNO6/c1-27(2)37-36(39(45)46-26-28-14-10-8-11-15-28)35(29-16-12-9-13-17-29)38(30-18-20-31(42)21-19-30)43(37)23-22-32-24-33(48-41(6,7)47-32)25-34(44)49-40(3,4)5/h8-21,27,32-33H,22-26H2,1-7H3/t32-,33-/m1/s1. The largest absolute Gasteiger partial charge is 0.460 e. The summed E-state index contributed by atoms with van der Waals surface area (Å²) in [7, 11) is 0. The van der Waals surface area contributed by atoms with E-state index in [0.29, 0.717) is 24.9 Å². The average molecular weight is 670 g/mol. The van der Waals surface area contributed by atoms with Gasteiger partial charge >= 0.3 is 11.9 Å². The number of ether oxygens (including phenoxy) is 4. The van der Waals surface area contributed by atoms with Crippen LogP contribution in [-0.2, 0) is 36.9 Å². The first-order valence-electron chi connectivity index (χ1n) is 17.1. The third-order valence-corrected chi connectivity index (χ3v) is 8.36. The van der Waals surface area contributed by atoms with Gasteiger partial charge in [-0.15, -0.1) is 0 Å². The molecule has 49 heavy (non-hydrogen) atoms. The Bertz CT molecular complexity index is 1720. The Kier molecular flexibility index (Phi) is 11.1. The molecule has 0 unspecified atom stereocenters. The van der Waals surface area contributed by atoms with Gasteiger partial charge in [-0.05, 0) is 87.9 Å². The van der Waals surface area contributed by atoms with Crippen LogP contribution in [-0.4, -0.2) is 40.1 Å². The SMILES string of the molecule is CC(C)c1c(C(=O)OCc2ccccc2)c(-c2ccccc2)c(-c2ccc(F)cc2)n1CC[C@@H]1C[C@H](CC(=O)OC(C)(C)C)OC(C)(C)O1. The van der Waals surface area contributed by atoms with Crippen molar-refractivity contribution in [3.63, 3.8) is 0 Å². The predicted octanol–water partition coefficient (Wildman–Crippen LogP) is 9.47. The molecule has 5 rings (SSSR count). The summed E-state index contributed by atoms with van der Waals surface area (Å²) in [6.07, 6.45) is 0.584. The van der Waals surface area contributed by atoms with E-state index in [2.05, 4.69) is 18.4 Å². The zero-order chi connectivity index (χ0) is 35.3. The van der Waals surface area contributed by atoms with Crippen molar-refractivity contribution in [2.75, 3.05) is 0 Å². The molecule has 0 radical (unpaired) electrons. The van der Waals surface area contributed by atoms with Gasteiger partial charge < -0.3 is 23.5 Å². The molecular weight excluding hydrogens is 621 g/mol. The zero-order valence-electron chi connectivity index (χ0n) is 29.6. The number of benzene rings is 3. The third-order valence-electron chi connectivity index (χ3n) is 8.36. The van der Waals surface area contributed by atoms with Crippen molar-refractivity contribution < 1.29 is 32.9 Å². The number of aromatic nitrogens is 1. The van der Waals surface area contributed by atoms with Crippen molar-refractivity contribution in [3.8, 4) is 22.4 Å². The minimum atomic E-state index is -0.908. The Hall–Kier alpha value is -4.27. The monoisotopic (exact) mass is 669 g/mol. The maximum absolute atomic E-state index is 14.3. The second-order valence-corrected chi connectivity index (χ2v) is 14.4. The highest BCUT2D eigenvalue weighted by molar-refractivity contribution is 6.04. The van der Waals surface area contributed by atoms with Gasteiger partial charge in [0.1, 0.15) is 18.0 Å². The first kappa shape index (κ1) is 36.0. The third kappa shape index (κ3) is 9.25. The van der Waals surface area contributed by atoms with Crippen molar-refractivity contribution in [3.05, 3.63) is 108 Å². The summed E-state index contributed by atoms with van der Waals surface area (Å²) in [5.41, 5.74) is 4.80. The summed E-state index contributed by atoms with van der Waals surface area (Å²) in [5.74, 6) is -2.05. The maximum atomic E-state index is 14.3. The smallest absolute Gasteiger partial charge is 0.340 e. The topological polar surface area (TPSA) is 76.0 Å². The number of hydrogen-bond acceptors (Lipinski definition) is 6. The molecule has 2 heterocycles. The Balaban J connectivity index is 1.56. The minimum absolute atomic E-state index is 0.0668. The molecule has 0 amide bonds. The fourth-order valence-electron chi connectivity index (χ4n) is 6.63. The molecule has 0 saturated carbocycles. The minimum Gasteiger partial charge on any atom is -0.460 e. The lowest BCUT2D eigenvalue weighted by atomic mass is 9.95. The van der Waals surface area contributed by atoms with Gasteiger partial charge in [0.2, 0.25) is 0 Å². The van der Waals surface area contributed by atoms with E-state index in [9.17, 15) is 14.0 Å². The van der Waals surface area contributed by atoms with Crippen molar-refractivity contribution in [1.82, 2.24) is 4.57 Å². The van der Waals surface area contributed by atoms with E-state index in [1.807, 2.05) is 95.3 Å². The zero-order valence-corrected chi connectivity index (χ0v) is 29.6. The Morgan fingerprint density at radius 3 is 2.12 bits per heavy atom. The molecule has 2 atom stereocenters. The van der Waals surface area contributed by atoms with Crippen LogP contribution in [0.15, 0.2) is 84.9 Å². The fraction of sp³-hybridized carbons (Fsp3) is 0.415. The van der Waals surface area contributed by atoms with E-state index >= 15 is 0 Å². The number of hydrogen-bond donors (Lipinski definition) is 0. The van der Waals surface area contributed by atoms with Gasteiger partial charge in [-0.2, -0.15) is 0 Å². The van der Waals surface area contributed by atoms with Gasteiger partial charge in [0.15, 0.2) is 5.79 Å². The van der Waals surface area contributed by atoms with Crippen LogP contribution in [0, 0.1) is 5.82 Å². The van der Waals surface area contributed by atoms with Gasteiger partial charge in [0.25, 0.3) is 0 Å². The molecule has 1 aromatic heterocycles. The van der Waals surface area contributed by atoms with Crippen LogP contribution in [0.2, 0.25) is 0 Å². The molecule has 0 bridgehead atoms. The highest BCUT2D eigenvalue weighted by Crippen LogP contribution is 2.43. The van der Waals surface area contributed by atoms with Gasteiger partial charge in [0.05, 0.1) is 29.9 Å². The summed E-state index contributed by atoms with van der Waals surface area (Å²) in [6.45, 7) is 14.0. The molecule has 1 fully saturated rings. The number of carbonyl (C=O) groups is 2. The normalized spacial score (nSPS) is 17.6. The summed E-state index contributed by atoms with van der Waals surface area (Å²) in [4.78, 5) is 27.0. The molecule has 7 nitrogen and oxygen atoms in total.